The van der Waals surface area contributed by atoms with Crippen molar-refractivity contribution in [3.05, 3.63) is 29.3 Å². The molecule has 1 aliphatic rings. The van der Waals surface area contributed by atoms with Crippen molar-refractivity contribution in [1.29, 1.82) is 0 Å². The normalized spacial score (nSPS) is 14.3. The molecule has 1 aromatic rings. The summed E-state index contributed by atoms with van der Waals surface area (Å²) in [6.07, 6.45) is 4.96. The number of nitrogens with zero attached hydrogens (tertiary/aromatic N) is 1. The van der Waals surface area contributed by atoms with Gasteiger partial charge in [-0.25, -0.2) is 4.79 Å². The van der Waals surface area contributed by atoms with Crippen LogP contribution >= 0.6 is 0 Å². The number of hydrogen-bond acceptors (Lipinski definition) is 2. The number of aryl methyl sites for hydroxylation is 2. The summed E-state index contributed by atoms with van der Waals surface area (Å²) in [6.45, 7) is 0.857. The van der Waals surface area contributed by atoms with E-state index in [-0.39, 0.29) is 6.61 Å². The summed E-state index contributed by atoms with van der Waals surface area (Å²) in [5.41, 5.74) is 3.26. The number of aliphatic hydroxyl groups excluding tert-OH is 1. The molecule has 1 amide bonds. The van der Waals surface area contributed by atoms with E-state index in [0.29, 0.717) is 6.54 Å². The van der Waals surface area contributed by atoms with Gasteiger partial charge in [-0.2, -0.15) is 0 Å². The number of carboxylic acid groups (broad SMARTS) is 1. The second kappa shape index (κ2) is 6.57. The number of carbonyl (C=O) groups is 1. The lowest BCUT2D eigenvalue weighted by Crippen LogP contribution is -2.34. The first-order chi connectivity index (χ1) is 9.22. The van der Waals surface area contributed by atoms with Crippen LogP contribution in [0.1, 0.15) is 36.8 Å². The molecule has 0 bridgehead atoms. The lowest BCUT2D eigenvalue weighted by atomic mass is 9.97. The maximum atomic E-state index is 11.1. The molecule has 0 spiro atoms. The number of anilines is 1. The highest BCUT2D eigenvalue weighted by Gasteiger charge is 2.21. The number of unbranched alkanes of at least 4 members (excludes halogenated alkanes) is 2. The van der Waals surface area contributed by atoms with Crippen molar-refractivity contribution < 1.29 is 15.0 Å². The predicted octanol–water partition coefficient (Wildman–Crippen LogP) is 2.82. The van der Waals surface area contributed by atoms with E-state index in [9.17, 15) is 4.79 Å². The molecule has 1 aliphatic heterocycles. The lowest BCUT2D eigenvalue weighted by Gasteiger charge is -2.27. The van der Waals surface area contributed by atoms with E-state index in [1.165, 1.54) is 10.5 Å². The standard InChI is InChI=1S/C15H21NO3/c17-10-3-1-2-5-12-7-8-14-13(11-12)6-4-9-16(14)15(18)19/h7-8,11,17H,1-6,9-10H2,(H,18,19). The van der Waals surface area contributed by atoms with Crippen molar-refractivity contribution in [3.8, 4) is 0 Å². The minimum Gasteiger partial charge on any atom is -0.465 e. The van der Waals surface area contributed by atoms with E-state index in [4.69, 9.17) is 10.2 Å². The highest BCUT2D eigenvalue weighted by Crippen LogP contribution is 2.28. The van der Waals surface area contributed by atoms with E-state index in [0.717, 1.165) is 49.8 Å². The van der Waals surface area contributed by atoms with Crippen LogP contribution in [0.3, 0.4) is 0 Å². The molecule has 0 saturated heterocycles. The van der Waals surface area contributed by atoms with Crippen molar-refractivity contribution in [2.75, 3.05) is 18.1 Å². The Labute approximate surface area is 113 Å². The number of rotatable bonds is 5. The van der Waals surface area contributed by atoms with Crippen molar-refractivity contribution >= 4 is 11.8 Å². The smallest absolute Gasteiger partial charge is 0.411 e. The van der Waals surface area contributed by atoms with E-state index in [2.05, 4.69) is 6.07 Å². The first kappa shape index (κ1) is 13.9. The second-order valence-electron chi connectivity index (χ2n) is 5.04. The van der Waals surface area contributed by atoms with Crippen LogP contribution < -0.4 is 4.90 Å². The van der Waals surface area contributed by atoms with Crippen LogP contribution in [0, 0.1) is 0 Å². The van der Waals surface area contributed by atoms with Gasteiger partial charge < -0.3 is 10.2 Å². The number of aliphatic hydroxyl groups is 1. The zero-order valence-corrected chi connectivity index (χ0v) is 11.1. The Hall–Kier alpha value is -1.55. The van der Waals surface area contributed by atoms with Crippen molar-refractivity contribution in [1.82, 2.24) is 0 Å². The number of benzene rings is 1. The predicted molar refractivity (Wildman–Crippen MR) is 74.8 cm³/mol. The van der Waals surface area contributed by atoms with E-state index in [1.54, 1.807) is 0 Å². The molecule has 0 aliphatic carbocycles. The maximum absolute atomic E-state index is 11.1. The van der Waals surface area contributed by atoms with Gasteiger partial charge >= 0.3 is 6.09 Å². The van der Waals surface area contributed by atoms with Crippen LogP contribution in [0.25, 0.3) is 0 Å². The van der Waals surface area contributed by atoms with Gasteiger partial charge in [0.2, 0.25) is 0 Å². The quantitative estimate of drug-likeness (QED) is 0.803. The highest BCUT2D eigenvalue weighted by molar-refractivity contribution is 5.87. The Morgan fingerprint density at radius 3 is 2.84 bits per heavy atom. The molecule has 4 nitrogen and oxygen atoms in total. The monoisotopic (exact) mass is 263 g/mol. The molecule has 0 radical (unpaired) electrons. The summed E-state index contributed by atoms with van der Waals surface area (Å²) in [5.74, 6) is 0. The second-order valence-corrected chi connectivity index (χ2v) is 5.04. The van der Waals surface area contributed by atoms with Gasteiger partial charge in [0.1, 0.15) is 0 Å². The van der Waals surface area contributed by atoms with Gasteiger partial charge in [0.15, 0.2) is 0 Å². The molecular formula is C15H21NO3. The summed E-state index contributed by atoms with van der Waals surface area (Å²) >= 11 is 0. The average Bonchev–Trinajstić information content (AvgIpc) is 2.42. The zero-order chi connectivity index (χ0) is 13.7. The van der Waals surface area contributed by atoms with Crippen molar-refractivity contribution in [2.45, 2.75) is 38.5 Å². The first-order valence-electron chi connectivity index (χ1n) is 6.95. The molecule has 4 heteroatoms. The fraction of sp³-hybridized carbons (Fsp3) is 0.533. The zero-order valence-electron chi connectivity index (χ0n) is 11.1. The number of fused-ring (bicyclic) bond motifs is 1. The van der Waals surface area contributed by atoms with Crippen LogP contribution in [0.2, 0.25) is 0 Å². The van der Waals surface area contributed by atoms with Gasteiger partial charge in [0.05, 0.1) is 5.69 Å². The van der Waals surface area contributed by atoms with Crippen LogP contribution in [0.15, 0.2) is 18.2 Å². The molecular weight excluding hydrogens is 242 g/mol. The van der Waals surface area contributed by atoms with E-state index < -0.39 is 6.09 Å². The van der Waals surface area contributed by atoms with Gasteiger partial charge in [-0.1, -0.05) is 18.6 Å². The molecule has 0 aromatic heterocycles. The minimum absolute atomic E-state index is 0.262. The maximum Gasteiger partial charge on any atom is 0.411 e. The Morgan fingerprint density at radius 2 is 2.11 bits per heavy atom. The lowest BCUT2D eigenvalue weighted by molar-refractivity contribution is 0.201. The Morgan fingerprint density at radius 1 is 1.26 bits per heavy atom. The van der Waals surface area contributed by atoms with Crippen LogP contribution in [-0.4, -0.2) is 29.5 Å². The van der Waals surface area contributed by atoms with Gasteiger partial charge in [-0.3, -0.25) is 4.90 Å². The van der Waals surface area contributed by atoms with Gasteiger partial charge in [-0.15, -0.1) is 0 Å². The van der Waals surface area contributed by atoms with Gasteiger partial charge in [0, 0.05) is 13.2 Å². The summed E-state index contributed by atoms with van der Waals surface area (Å²) < 4.78 is 0. The summed E-state index contributed by atoms with van der Waals surface area (Å²) in [7, 11) is 0. The van der Waals surface area contributed by atoms with Gasteiger partial charge in [0.25, 0.3) is 0 Å². The average molecular weight is 263 g/mol. The molecule has 104 valence electrons. The molecule has 1 aromatic carbocycles. The molecule has 0 fully saturated rings. The van der Waals surface area contributed by atoms with E-state index >= 15 is 0 Å². The number of amides is 1. The SMILES string of the molecule is O=C(O)N1CCCc2cc(CCCCCO)ccc21. The highest BCUT2D eigenvalue weighted by atomic mass is 16.4. The molecule has 1 heterocycles. The molecule has 0 saturated carbocycles. The minimum atomic E-state index is -0.864. The first-order valence-corrected chi connectivity index (χ1v) is 6.95. The van der Waals surface area contributed by atoms with Gasteiger partial charge in [-0.05, 0) is 49.3 Å². The molecule has 0 atom stereocenters. The third-order valence-corrected chi connectivity index (χ3v) is 3.62. The Balaban J connectivity index is 2.04. The topological polar surface area (TPSA) is 60.8 Å². The fourth-order valence-corrected chi connectivity index (χ4v) is 2.62. The largest absolute Gasteiger partial charge is 0.465 e. The number of hydrogen-bond donors (Lipinski definition) is 2. The van der Waals surface area contributed by atoms with Crippen LogP contribution in [-0.2, 0) is 12.8 Å². The summed E-state index contributed by atoms with van der Waals surface area (Å²) in [6, 6.07) is 6.10. The molecule has 19 heavy (non-hydrogen) atoms. The molecule has 2 N–H and O–H groups in total. The fourth-order valence-electron chi connectivity index (χ4n) is 2.62. The summed E-state index contributed by atoms with van der Waals surface area (Å²) in [4.78, 5) is 12.6. The molecule has 0 unspecified atom stereocenters. The van der Waals surface area contributed by atoms with E-state index in [1.807, 2.05) is 12.1 Å². The van der Waals surface area contributed by atoms with Crippen LogP contribution in [0.5, 0.6) is 0 Å². The summed E-state index contributed by atoms with van der Waals surface area (Å²) in [5, 5.41) is 17.9. The third kappa shape index (κ3) is 3.47. The van der Waals surface area contributed by atoms with Crippen molar-refractivity contribution in [2.24, 2.45) is 0 Å². The van der Waals surface area contributed by atoms with Crippen molar-refractivity contribution in [3.63, 3.8) is 0 Å². The Kier molecular flexibility index (Phi) is 4.80. The van der Waals surface area contributed by atoms with Crippen LogP contribution in [0.4, 0.5) is 10.5 Å². The third-order valence-electron chi connectivity index (χ3n) is 3.62. The Bertz CT molecular complexity index is 445. The molecule has 2 rings (SSSR count).